The van der Waals surface area contributed by atoms with E-state index in [0.717, 1.165) is 55.4 Å². The number of hydrogen-bond acceptors (Lipinski definition) is 6. The van der Waals surface area contributed by atoms with Crippen molar-refractivity contribution in [3.8, 4) is 0 Å². The number of piperazine rings is 1. The summed E-state index contributed by atoms with van der Waals surface area (Å²) in [5.41, 5.74) is 4.26. The van der Waals surface area contributed by atoms with Crippen LogP contribution >= 0.6 is 0 Å². The molecule has 0 bridgehead atoms. The first-order valence-corrected chi connectivity index (χ1v) is 10.9. The SMILES string of the molecule is CCC1C(C)C(Nc2cnc(C)cn2)c2cc(N3CCNCC3)ccc2N1C(C)=O. The Morgan fingerprint density at radius 3 is 2.63 bits per heavy atom. The minimum atomic E-state index is 0.0559. The van der Waals surface area contributed by atoms with Gasteiger partial charge in [0.25, 0.3) is 0 Å². The second-order valence-electron chi connectivity index (χ2n) is 8.37. The highest BCUT2D eigenvalue weighted by Crippen LogP contribution is 2.44. The van der Waals surface area contributed by atoms with E-state index in [0.29, 0.717) is 0 Å². The van der Waals surface area contributed by atoms with Gasteiger partial charge in [0.2, 0.25) is 5.91 Å². The maximum atomic E-state index is 12.6. The van der Waals surface area contributed by atoms with Crippen LogP contribution in [0.1, 0.15) is 44.5 Å². The number of fused-ring (bicyclic) bond motifs is 1. The molecule has 0 radical (unpaired) electrons. The van der Waals surface area contributed by atoms with Gasteiger partial charge in [0.05, 0.1) is 24.1 Å². The average Bonchev–Trinajstić information content (AvgIpc) is 2.76. The van der Waals surface area contributed by atoms with Crippen molar-refractivity contribution in [3.05, 3.63) is 41.9 Å². The molecule has 0 spiro atoms. The number of carbonyl (C=O) groups is 1. The highest BCUT2D eigenvalue weighted by atomic mass is 16.2. The molecule has 160 valence electrons. The summed E-state index contributed by atoms with van der Waals surface area (Å²) >= 11 is 0. The van der Waals surface area contributed by atoms with Crippen LogP contribution in [0, 0.1) is 12.8 Å². The van der Waals surface area contributed by atoms with E-state index in [1.165, 1.54) is 5.69 Å². The number of carbonyl (C=O) groups excluding carboxylic acids is 1. The van der Waals surface area contributed by atoms with E-state index < -0.39 is 0 Å². The molecule has 0 saturated carbocycles. The van der Waals surface area contributed by atoms with E-state index in [1.807, 2.05) is 11.8 Å². The van der Waals surface area contributed by atoms with Gasteiger partial charge in [-0.2, -0.15) is 0 Å². The molecule has 1 amide bonds. The van der Waals surface area contributed by atoms with E-state index in [9.17, 15) is 4.79 Å². The van der Waals surface area contributed by atoms with Gasteiger partial charge in [0.15, 0.2) is 0 Å². The van der Waals surface area contributed by atoms with Crippen molar-refractivity contribution < 1.29 is 4.79 Å². The van der Waals surface area contributed by atoms with Gasteiger partial charge in [-0.15, -0.1) is 0 Å². The predicted octanol–water partition coefficient (Wildman–Crippen LogP) is 3.13. The molecule has 0 aliphatic carbocycles. The quantitative estimate of drug-likeness (QED) is 0.810. The van der Waals surface area contributed by atoms with E-state index in [1.54, 1.807) is 19.3 Å². The minimum Gasteiger partial charge on any atom is -0.369 e. The topological polar surface area (TPSA) is 73.4 Å². The van der Waals surface area contributed by atoms with Gasteiger partial charge in [-0.1, -0.05) is 13.8 Å². The molecule has 30 heavy (non-hydrogen) atoms. The largest absolute Gasteiger partial charge is 0.369 e. The lowest BCUT2D eigenvalue weighted by Gasteiger charge is -2.45. The van der Waals surface area contributed by atoms with Crippen molar-refractivity contribution in [2.45, 2.75) is 46.2 Å². The van der Waals surface area contributed by atoms with Crippen LogP contribution in [0.3, 0.4) is 0 Å². The monoisotopic (exact) mass is 408 g/mol. The molecule has 2 aromatic rings. The van der Waals surface area contributed by atoms with E-state index in [2.05, 4.69) is 57.5 Å². The summed E-state index contributed by atoms with van der Waals surface area (Å²) in [7, 11) is 0. The first-order valence-electron chi connectivity index (χ1n) is 10.9. The van der Waals surface area contributed by atoms with Gasteiger partial charge < -0.3 is 20.4 Å². The Labute approximate surface area is 178 Å². The molecule has 4 rings (SSSR count). The fourth-order valence-electron chi connectivity index (χ4n) is 4.84. The summed E-state index contributed by atoms with van der Waals surface area (Å²) in [6.45, 7) is 11.9. The van der Waals surface area contributed by atoms with Crippen LogP contribution in [0.25, 0.3) is 0 Å². The zero-order chi connectivity index (χ0) is 21.3. The number of nitrogens with zero attached hydrogens (tertiary/aromatic N) is 4. The highest BCUT2D eigenvalue weighted by molar-refractivity contribution is 5.94. The highest BCUT2D eigenvalue weighted by Gasteiger charge is 2.40. The van der Waals surface area contributed by atoms with Crippen LogP contribution in [0.2, 0.25) is 0 Å². The maximum Gasteiger partial charge on any atom is 0.224 e. The lowest BCUT2D eigenvalue weighted by molar-refractivity contribution is -0.117. The van der Waals surface area contributed by atoms with Gasteiger partial charge in [0.1, 0.15) is 5.82 Å². The average molecular weight is 409 g/mol. The smallest absolute Gasteiger partial charge is 0.224 e. The minimum absolute atomic E-state index is 0.0559. The Hall–Kier alpha value is -2.67. The molecular weight excluding hydrogens is 376 g/mol. The van der Waals surface area contributed by atoms with Crippen LogP contribution in [-0.2, 0) is 4.79 Å². The predicted molar refractivity (Wildman–Crippen MR) is 121 cm³/mol. The number of amides is 1. The number of anilines is 3. The maximum absolute atomic E-state index is 12.6. The zero-order valence-corrected chi connectivity index (χ0v) is 18.4. The van der Waals surface area contributed by atoms with Crippen LogP contribution in [0.5, 0.6) is 0 Å². The van der Waals surface area contributed by atoms with Crippen molar-refractivity contribution in [1.29, 1.82) is 0 Å². The summed E-state index contributed by atoms with van der Waals surface area (Å²) in [6, 6.07) is 6.73. The van der Waals surface area contributed by atoms with Gasteiger partial charge in [-0.25, -0.2) is 4.98 Å². The summed E-state index contributed by atoms with van der Waals surface area (Å²) in [4.78, 5) is 25.9. The van der Waals surface area contributed by atoms with Crippen molar-refractivity contribution in [3.63, 3.8) is 0 Å². The first-order chi connectivity index (χ1) is 14.5. The number of hydrogen-bond donors (Lipinski definition) is 2. The first kappa shape index (κ1) is 20.6. The van der Waals surface area contributed by atoms with Crippen LogP contribution in [0.15, 0.2) is 30.6 Å². The molecule has 2 aliphatic heterocycles. The molecular formula is C23H32N6O. The number of rotatable bonds is 4. The lowest BCUT2D eigenvalue weighted by Crippen LogP contribution is -2.50. The molecule has 7 heteroatoms. The van der Waals surface area contributed by atoms with Crippen molar-refractivity contribution >= 4 is 23.1 Å². The third-order valence-corrected chi connectivity index (χ3v) is 6.39. The molecule has 2 aliphatic rings. The Morgan fingerprint density at radius 1 is 1.23 bits per heavy atom. The number of aromatic nitrogens is 2. The Bertz CT molecular complexity index is 893. The van der Waals surface area contributed by atoms with Crippen LogP contribution in [-0.4, -0.2) is 48.1 Å². The molecule has 2 N–H and O–H groups in total. The second kappa shape index (κ2) is 8.60. The van der Waals surface area contributed by atoms with Crippen LogP contribution < -0.4 is 20.4 Å². The molecule has 7 nitrogen and oxygen atoms in total. The Kier molecular flexibility index (Phi) is 5.90. The molecule has 1 aromatic carbocycles. The number of nitrogens with one attached hydrogen (secondary N) is 2. The fourth-order valence-corrected chi connectivity index (χ4v) is 4.84. The molecule has 1 aromatic heterocycles. The summed E-state index contributed by atoms with van der Waals surface area (Å²) in [5.74, 6) is 1.09. The zero-order valence-electron chi connectivity index (χ0n) is 18.4. The van der Waals surface area contributed by atoms with Crippen LogP contribution in [0.4, 0.5) is 17.2 Å². The lowest BCUT2D eigenvalue weighted by atomic mass is 9.80. The fraction of sp³-hybridized carbons (Fsp3) is 0.522. The Morgan fingerprint density at radius 2 is 2.00 bits per heavy atom. The molecule has 1 fully saturated rings. The van der Waals surface area contributed by atoms with Crippen molar-refractivity contribution in [2.75, 3.05) is 41.3 Å². The van der Waals surface area contributed by atoms with Gasteiger partial charge in [-0.05, 0) is 31.5 Å². The molecule has 3 heterocycles. The molecule has 3 atom stereocenters. The normalized spacial score (nSPS) is 23.8. The summed E-state index contributed by atoms with van der Waals surface area (Å²) in [5, 5.41) is 7.04. The number of benzene rings is 1. The molecule has 1 saturated heterocycles. The molecule has 3 unspecified atom stereocenters. The third-order valence-electron chi connectivity index (χ3n) is 6.39. The summed E-state index contributed by atoms with van der Waals surface area (Å²) in [6.07, 6.45) is 4.48. The van der Waals surface area contributed by atoms with E-state index in [-0.39, 0.29) is 23.9 Å². The standard InChI is InChI=1S/C23H32N6O/c1-5-20-16(3)23(27-22-14-25-15(2)13-26-22)19-12-18(28-10-8-24-9-11-28)6-7-21(19)29(20)17(4)30/h6-7,12-14,16,20,23-24H,5,8-11H2,1-4H3,(H,26,27). The van der Waals surface area contributed by atoms with E-state index in [4.69, 9.17) is 0 Å². The van der Waals surface area contributed by atoms with Gasteiger partial charge in [0, 0.05) is 62.0 Å². The van der Waals surface area contributed by atoms with Crippen molar-refractivity contribution in [2.24, 2.45) is 5.92 Å². The van der Waals surface area contributed by atoms with Gasteiger partial charge in [-0.3, -0.25) is 9.78 Å². The van der Waals surface area contributed by atoms with E-state index >= 15 is 0 Å². The summed E-state index contributed by atoms with van der Waals surface area (Å²) < 4.78 is 0. The number of aryl methyl sites for hydroxylation is 1. The van der Waals surface area contributed by atoms with Crippen molar-refractivity contribution in [1.82, 2.24) is 15.3 Å². The third kappa shape index (κ3) is 3.86. The second-order valence-corrected chi connectivity index (χ2v) is 8.37. The Balaban J connectivity index is 1.77. The van der Waals surface area contributed by atoms with Gasteiger partial charge >= 0.3 is 0 Å².